The molecule has 0 saturated carbocycles. The number of ether oxygens (including phenoxy) is 1. The molecule has 0 radical (unpaired) electrons. The Hall–Kier alpha value is -2.79. The molecular formula is C21H22N2O3. The van der Waals surface area contributed by atoms with Crippen molar-refractivity contribution in [1.29, 1.82) is 0 Å². The molecule has 3 aromatic rings. The van der Waals surface area contributed by atoms with Crippen LogP contribution >= 0.6 is 0 Å². The van der Waals surface area contributed by atoms with Gasteiger partial charge in [0.1, 0.15) is 17.4 Å². The Balaban J connectivity index is 1.45. The van der Waals surface area contributed by atoms with Crippen LogP contribution in [-0.2, 0) is 17.8 Å². The number of hydrogen-bond donors (Lipinski definition) is 1. The van der Waals surface area contributed by atoms with Crippen molar-refractivity contribution < 1.29 is 13.9 Å². The van der Waals surface area contributed by atoms with Gasteiger partial charge in [-0.3, -0.25) is 9.69 Å². The molecule has 1 atom stereocenters. The molecule has 1 amide bonds. The minimum atomic E-state index is -0.380. The van der Waals surface area contributed by atoms with Gasteiger partial charge >= 0.3 is 0 Å². The van der Waals surface area contributed by atoms with Gasteiger partial charge in [0, 0.05) is 30.6 Å². The fourth-order valence-corrected chi connectivity index (χ4v) is 3.58. The number of primary amides is 1. The predicted octanol–water partition coefficient (Wildman–Crippen LogP) is 3.11. The summed E-state index contributed by atoms with van der Waals surface area (Å²) in [7, 11) is 0. The first-order valence-electron chi connectivity index (χ1n) is 8.89. The Morgan fingerprint density at radius 1 is 1.23 bits per heavy atom. The first-order valence-corrected chi connectivity index (χ1v) is 8.89. The summed E-state index contributed by atoms with van der Waals surface area (Å²) in [6.45, 7) is 2.85. The first-order chi connectivity index (χ1) is 12.7. The van der Waals surface area contributed by atoms with Crippen molar-refractivity contribution in [3.05, 3.63) is 65.9 Å². The number of amides is 1. The summed E-state index contributed by atoms with van der Waals surface area (Å²) in [5, 5.41) is 0.929. The Labute approximate surface area is 152 Å². The van der Waals surface area contributed by atoms with Crippen LogP contribution in [0.4, 0.5) is 0 Å². The van der Waals surface area contributed by atoms with E-state index in [1.807, 2.05) is 24.3 Å². The third-order valence-electron chi connectivity index (χ3n) is 4.75. The fraction of sp³-hybridized carbons (Fsp3) is 0.286. The van der Waals surface area contributed by atoms with Crippen molar-refractivity contribution in [2.75, 3.05) is 13.1 Å². The zero-order chi connectivity index (χ0) is 17.9. The third-order valence-corrected chi connectivity index (χ3v) is 4.75. The van der Waals surface area contributed by atoms with E-state index in [-0.39, 0.29) is 18.4 Å². The molecule has 1 aromatic heterocycles. The molecule has 1 unspecified atom stereocenters. The standard InChI is InChI=1S/C21H22N2O3/c22-20(24)12-17-11-19(10-16-7-9-25-21(16)17)26-18-6-8-23(14-18)13-15-4-2-1-3-5-15/h1-5,7,9-11,18H,6,8,12-14H2,(H2,22,24). The molecule has 0 spiro atoms. The maximum Gasteiger partial charge on any atom is 0.221 e. The Bertz CT molecular complexity index is 904. The summed E-state index contributed by atoms with van der Waals surface area (Å²) in [6, 6.07) is 16.2. The summed E-state index contributed by atoms with van der Waals surface area (Å²) in [5.74, 6) is 0.386. The number of rotatable bonds is 6. The van der Waals surface area contributed by atoms with Crippen LogP contribution in [0.3, 0.4) is 0 Å². The molecule has 0 aliphatic carbocycles. The number of benzene rings is 2. The van der Waals surface area contributed by atoms with E-state index in [2.05, 4.69) is 29.2 Å². The third kappa shape index (κ3) is 3.73. The summed E-state index contributed by atoms with van der Waals surface area (Å²) in [4.78, 5) is 13.7. The Morgan fingerprint density at radius 3 is 2.88 bits per heavy atom. The monoisotopic (exact) mass is 350 g/mol. The van der Waals surface area contributed by atoms with Crippen molar-refractivity contribution in [2.45, 2.75) is 25.5 Å². The number of hydrogen-bond acceptors (Lipinski definition) is 4. The highest BCUT2D eigenvalue weighted by molar-refractivity contribution is 5.87. The van der Waals surface area contributed by atoms with Crippen LogP contribution in [-0.4, -0.2) is 30.0 Å². The number of likely N-dealkylation sites (tertiary alicyclic amines) is 1. The van der Waals surface area contributed by atoms with Gasteiger partial charge < -0.3 is 14.9 Å². The second-order valence-corrected chi connectivity index (χ2v) is 6.81. The van der Waals surface area contributed by atoms with Gasteiger partial charge in [-0.2, -0.15) is 0 Å². The molecule has 134 valence electrons. The van der Waals surface area contributed by atoms with Gasteiger partial charge in [-0.1, -0.05) is 30.3 Å². The van der Waals surface area contributed by atoms with Gasteiger partial charge in [0.05, 0.1) is 12.7 Å². The van der Waals surface area contributed by atoms with Crippen LogP contribution < -0.4 is 10.5 Å². The van der Waals surface area contributed by atoms with Crippen LogP contribution in [0.1, 0.15) is 17.5 Å². The average molecular weight is 350 g/mol. The molecule has 5 heteroatoms. The van der Waals surface area contributed by atoms with E-state index in [9.17, 15) is 4.79 Å². The molecule has 1 aliphatic heterocycles. The van der Waals surface area contributed by atoms with Gasteiger partial charge in [0.2, 0.25) is 5.91 Å². The number of carbonyl (C=O) groups excluding carboxylic acids is 1. The van der Waals surface area contributed by atoms with E-state index in [1.165, 1.54) is 5.56 Å². The van der Waals surface area contributed by atoms with Crippen LogP contribution in [0.15, 0.2) is 59.2 Å². The lowest BCUT2D eigenvalue weighted by molar-refractivity contribution is -0.117. The van der Waals surface area contributed by atoms with Crippen LogP contribution in [0.5, 0.6) is 5.75 Å². The zero-order valence-corrected chi connectivity index (χ0v) is 14.6. The number of carbonyl (C=O) groups is 1. The van der Waals surface area contributed by atoms with E-state index < -0.39 is 0 Å². The van der Waals surface area contributed by atoms with E-state index >= 15 is 0 Å². The van der Waals surface area contributed by atoms with Gasteiger partial charge in [0.15, 0.2) is 0 Å². The highest BCUT2D eigenvalue weighted by Crippen LogP contribution is 2.29. The second kappa shape index (κ2) is 7.22. The van der Waals surface area contributed by atoms with Crippen LogP contribution in [0, 0.1) is 0 Å². The molecule has 1 aliphatic rings. The van der Waals surface area contributed by atoms with E-state index in [0.717, 1.165) is 42.8 Å². The molecular weight excluding hydrogens is 328 g/mol. The topological polar surface area (TPSA) is 68.7 Å². The van der Waals surface area contributed by atoms with Crippen LogP contribution in [0.2, 0.25) is 0 Å². The summed E-state index contributed by atoms with van der Waals surface area (Å²) < 4.78 is 11.7. The molecule has 2 aromatic carbocycles. The predicted molar refractivity (Wildman–Crippen MR) is 99.9 cm³/mol. The van der Waals surface area contributed by atoms with E-state index in [4.69, 9.17) is 14.9 Å². The SMILES string of the molecule is NC(=O)Cc1cc(OC2CCN(Cc3ccccc3)C2)cc2ccoc12. The number of furan rings is 1. The average Bonchev–Trinajstić information content (AvgIpc) is 3.25. The lowest BCUT2D eigenvalue weighted by Gasteiger charge is -2.17. The molecule has 2 N–H and O–H groups in total. The van der Waals surface area contributed by atoms with Crippen molar-refractivity contribution in [2.24, 2.45) is 5.73 Å². The highest BCUT2D eigenvalue weighted by Gasteiger charge is 2.24. The smallest absolute Gasteiger partial charge is 0.221 e. The van der Waals surface area contributed by atoms with Gasteiger partial charge in [-0.25, -0.2) is 0 Å². The Morgan fingerprint density at radius 2 is 2.08 bits per heavy atom. The first kappa shape index (κ1) is 16.7. The number of nitrogens with zero attached hydrogens (tertiary/aromatic N) is 1. The second-order valence-electron chi connectivity index (χ2n) is 6.81. The summed E-state index contributed by atoms with van der Waals surface area (Å²) >= 11 is 0. The minimum Gasteiger partial charge on any atom is -0.489 e. The number of fused-ring (bicyclic) bond motifs is 1. The van der Waals surface area contributed by atoms with E-state index in [1.54, 1.807) is 6.26 Å². The van der Waals surface area contributed by atoms with Crippen LogP contribution in [0.25, 0.3) is 11.0 Å². The molecule has 1 fully saturated rings. The highest BCUT2D eigenvalue weighted by atomic mass is 16.5. The van der Waals surface area contributed by atoms with Crippen molar-refractivity contribution in [3.8, 4) is 5.75 Å². The normalized spacial score (nSPS) is 17.6. The maximum atomic E-state index is 11.3. The quantitative estimate of drug-likeness (QED) is 0.742. The summed E-state index contributed by atoms with van der Waals surface area (Å²) in [6.07, 6.45) is 2.90. The molecule has 2 heterocycles. The lowest BCUT2D eigenvalue weighted by atomic mass is 10.1. The number of nitrogens with two attached hydrogens (primary N) is 1. The van der Waals surface area contributed by atoms with Gasteiger partial charge in [-0.15, -0.1) is 0 Å². The fourth-order valence-electron chi connectivity index (χ4n) is 3.58. The molecule has 1 saturated heterocycles. The molecule has 0 bridgehead atoms. The lowest BCUT2D eigenvalue weighted by Crippen LogP contribution is -2.24. The van der Waals surface area contributed by atoms with Crippen molar-refractivity contribution in [3.63, 3.8) is 0 Å². The maximum absolute atomic E-state index is 11.3. The largest absolute Gasteiger partial charge is 0.489 e. The van der Waals surface area contributed by atoms with Gasteiger partial charge in [0.25, 0.3) is 0 Å². The van der Waals surface area contributed by atoms with Crippen molar-refractivity contribution >= 4 is 16.9 Å². The Kier molecular flexibility index (Phi) is 4.63. The summed E-state index contributed by atoms with van der Waals surface area (Å²) in [5.41, 5.74) is 8.15. The molecule has 5 nitrogen and oxygen atoms in total. The molecule has 26 heavy (non-hydrogen) atoms. The van der Waals surface area contributed by atoms with Crippen molar-refractivity contribution in [1.82, 2.24) is 4.90 Å². The zero-order valence-electron chi connectivity index (χ0n) is 14.6. The van der Waals surface area contributed by atoms with E-state index in [0.29, 0.717) is 5.58 Å². The van der Waals surface area contributed by atoms with Gasteiger partial charge in [-0.05, 0) is 30.2 Å². The molecule has 4 rings (SSSR count). The minimum absolute atomic E-state index is 0.143.